The largest absolute Gasteiger partial charge is 0.475 e. The van der Waals surface area contributed by atoms with Crippen LogP contribution in [0.2, 0.25) is 0 Å². The molecule has 0 aromatic carbocycles. The normalized spacial score (nSPS) is 27.8. The average molecular weight is 351 g/mol. The van der Waals surface area contributed by atoms with Gasteiger partial charge in [0.2, 0.25) is 11.8 Å². The van der Waals surface area contributed by atoms with Crippen molar-refractivity contribution in [3.05, 3.63) is 0 Å². The van der Waals surface area contributed by atoms with Crippen LogP contribution in [0.1, 0.15) is 51.4 Å². The molecule has 0 spiro atoms. The van der Waals surface area contributed by atoms with Crippen LogP contribution in [0.4, 0.5) is 0 Å². The van der Waals surface area contributed by atoms with E-state index in [0.717, 1.165) is 45.1 Å². The van der Waals surface area contributed by atoms with Crippen molar-refractivity contribution < 1.29 is 19.6 Å². The quantitative estimate of drug-likeness (QED) is 0.595. The van der Waals surface area contributed by atoms with E-state index in [1.807, 2.05) is 4.90 Å². The summed E-state index contributed by atoms with van der Waals surface area (Å²) in [5.74, 6) is -0.0845. The fourth-order valence-corrected chi connectivity index (χ4v) is 4.48. The van der Waals surface area contributed by atoms with E-state index in [-0.39, 0.29) is 24.4 Å². The van der Waals surface area contributed by atoms with Crippen molar-refractivity contribution in [3.8, 4) is 0 Å². The van der Waals surface area contributed by atoms with E-state index in [9.17, 15) is 19.6 Å². The van der Waals surface area contributed by atoms with Gasteiger partial charge in [0.25, 0.3) is 0 Å². The average Bonchev–Trinajstić information content (AvgIpc) is 3.29. The number of amides is 2. The van der Waals surface area contributed by atoms with E-state index in [2.05, 4.69) is 5.32 Å². The highest BCUT2D eigenvalue weighted by Gasteiger charge is 2.37. The van der Waals surface area contributed by atoms with Crippen LogP contribution in [0.25, 0.3) is 0 Å². The molecular formula is C17H30BN3O4. The van der Waals surface area contributed by atoms with Crippen molar-refractivity contribution in [3.63, 3.8) is 0 Å². The molecule has 140 valence electrons. The van der Waals surface area contributed by atoms with Crippen LogP contribution in [0.3, 0.4) is 0 Å². The minimum Gasteiger partial charge on any atom is -0.426 e. The summed E-state index contributed by atoms with van der Waals surface area (Å²) in [6.07, 6.45) is 7.92. The third kappa shape index (κ3) is 4.54. The number of likely N-dealkylation sites (tertiary alicyclic amines) is 2. The van der Waals surface area contributed by atoms with Gasteiger partial charge in [-0.1, -0.05) is 19.3 Å². The SMILES string of the molecule is O=C(C1CCCCC1)N1CC[C@@H](NCC(=O)N2CCC[C@H]2B(O)O)C1. The maximum Gasteiger partial charge on any atom is 0.475 e. The Morgan fingerprint density at radius 3 is 2.48 bits per heavy atom. The summed E-state index contributed by atoms with van der Waals surface area (Å²) in [6.45, 7) is 2.22. The first-order chi connectivity index (χ1) is 12.1. The number of carbonyl (C=O) groups is 2. The zero-order valence-electron chi connectivity index (χ0n) is 14.9. The zero-order valence-corrected chi connectivity index (χ0v) is 14.9. The summed E-state index contributed by atoms with van der Waals surface area (Å²) >= 11 is 0. The number of carbonyl (C=O) groups excluding carboxylic acids is 2. The van der Waals surface area contributed by atoms with E-state index in [4.69, 9.17) is 0 Å². The molecule has 2 atom stereocenters. The lowest BCUT2D eigenvalue weighted by Gasteiger charge is -2.27. The van der Waals surface area contributed by atoms with Gasteiger partial charge in [-0.15, -0.1) is 0 Å². The molecule has 2 heterocycles. The highest BCUT2D eigenvalue weighted by atomic mass is 16.4. The van der Waals surface area contributed by atoms with Gasteiger partial charge >= 0.3 is 7.12 Å². The van der Waals surface area contributed by atoms with Gasteiger partial charge in [0.1, 0.15) is 0 Å². The highest BCUT2D eigenvalue weighted by Crippen LogP contribution is 2.26. The lowest BCUT2D eigenvalue weighted by Crippen LogP contribution is -2.49. The van der Waals surface area contributed by atoms with Gasteiger partial charge in [-0.25, -0.2) is 0 Å². The highest BCUT2D eigenvalue weighted by molar-refractivity contribution is 6.43. The Hall–Kier alpha value is -1.12. The number of hydrogen-bond acceptors (Lipinski definition) is 5. The standard InChI is InChI=1S/C17H30BN3O4/c22-16(21-9-4-7-15(21)18(24)25)11-19-14-8-10-20(12-14)17(23)13-5-2-1-3-6-13/h13-15,19,24-25H,1-12H2/t14-,15+/m1/s1. The summed E-state index contributed by atoms with van der Waals surface area (Å²) in [5, 5.41) is 22.0. The number of rotatable bonds is 5. The monoisotopic (exact) mass is 351 g/mol. The van der Waals surface area contributed by atoms with Crippen LogP contribution in [0.5, 0.6) is 0 Å². The van der Waals surface area contributed by atoms with Gasteiger partial charge in [0, 0.05) is 31.6 Å². The number of nitrogens with one attached hydrogen (secondary N) is 1. The molecule has 0 radical (unpaired) electrons. The van der Waals surface area contributed by atoms with E-state index in [1.165, 1.54) is 6.42 Å². The molecule has 3 N–H and O–H groups in total. The molecule has 7 nitrogen and oxygen atoms in total. The van der Waals surface area contributed by atoms with Gasteiger partial charge in [-0.2, -0.15) is 0 Å². The first-order valence-corrected chi connectivity index (χ1v) is 9.74. The molecule has 0 bridgehead atoms. The van der Waals surface area contributed by atoms with Gasteiger partial charge in [0.15, 0.2) is 0 Å². The Bertz CT molecular complexity index is 485. The summed E-state index contributed by atoms with van der Waals surface area (Å²) in [4.78, 5) is 28.4. The minimum absolute atomic E-state index is 0.0901. The van der Waals surface area contributed by atoms with Crippen molar-refractivity contribution in [2.24, 2.45) is 5.92 Å². The molecule has 8 heteroatoms. The second-order valence-electron chi connectivity index (χ2n) is 7.70. The molecule has 1 aliphatic carbocycles. The predicted octanol–water partition coefficient (Wildman–Crippen LogP) is -0.240. The molecular weight excluding hydrogens is 321 g/mol. The zero-order chi connectivity index (χ0) is 17.8. The van der Waals surface area contributed by atoms with Crippen LogP contribution >= 0.6 is 0 Å². The maximum absolute atomic E-state index is 12.6. The van der Waals surface area contributed by atoms with Gasteiger partial charge in [-0.05, 0) is 32.1 Å². The first-order valence-electron chi connectivity index (χ1n) is 9.74. The predicted molar refractivity (Wildman–Crippen MR) is 94.5 cm³/mol. The lowest BCUT2D eigenvalue weighted by atomic mass is 9.78. The molecule has 3 rings (SSSR count). The molecule has 0 aromatic rings. The molecule has 0 unspecified atom stereocenters. The van der Waals surface area contributed by atoms with E-state index >= 15 is 0 Å². The molecule has 2 aliphatic heterocycles. The molecule has 2 saturated heterocycles. The van der Waals surface area contributed by atoms with Crippen LogP contribution in [0, 0.1) is 5.92 Å². The summed E-state index contributed by atoms with van der Waals surface area (Å²) in [5.41, 5.74) is 0. The Balaban J connectivity index is 1.42. The molecule has 0 aromatic heterocycles. The smallest absolute Gasteiger partial charge is 0.426 e. The van der Waals surface area contributed by atoms with Crippen molar-refractivity contribution in [2.75, 3.05) is 26.2 Å². The number of hydrogen-bond donors (Lipinski definition) is 3. The van der Waals surface area contributed by atoms with Crippen LogP contribution in [0.15, 0.2) is 0 Å². The number of nitrogens with zero attached hydrogens (tertiary/aromatic N) is 2. The molecule has 3 fully saturated rings. The Kier molecular flexibility index (Phi) is 6.36. The van der Waals surface area contributed by atoms with E-state index < -0.39 is 13.1 Å². The fraction of sp³-hybridized carbons (Fsp3) is 0.882. The minimum atomic E-state index is -1.47. The third-order valence-corrected chi connectivity index (χ3v) is 5.96. The summed E-state index contributed by atoms with van der Waals surface area (Å²) < 4.78 is 0. The van der Waals surface area contributed by atoms with Gasteiger partial charge in [-0.3, -0.25) is 9.59 Å². The van der Waals surface area contributed by atoms with E-state index in [1.54, 1.807) is 4.90 Å². The lowest BCUT2D eigenvalue weighted by molar-refractivity contribution is -0.135. The Morgan fingerprint density at radius 1 is 1.00 bits per heavy atom. The summed E-state index contributed by atoms with van der Waals surface area (Å²) in [7, 11) is -1.47. The first kappa shape index (κ1) is 18.7. The van der Waals surface area contributed by atoms with E-state index in [0.29, 0.717) is 25.4 Å². The second-order valence-corrected chi connectivity index (χ2v) is 7.70. The Morgan fingerprint density at radius 2 is 1.76 bits per heavy atom. The Labute approximate surface area is 149 Å². The maximum atomic E-state index is 12.6. The van der Waals surface area contributed by atoms with Crippen molar-refractivity contribution in [1.29, 1.82) is 0 Å². The molecule has 1 saturated carbocycles. The van der Waals surface area contributed by atoms with Crippen molar-refractivity contribution in [2.45, 2.75) is 63.3 Å². The summed E-state index contributed by atoms with van der Waals surface area (Å²) in [6, 6.07) is 0.150. The van der Waals surface area contributed by atoms with Gasteiger partial charge in [0.05, 0.1) is 12.5 Å². The van der Waals surface area contributed by atoms with Crippen molar-refractivity contribution >= 4 is 18.9 Å². The van der Waals surface area contributed by atoms with Crippen LogP contribution in [-0.2, 0) is 9.59 Å². The van der Waals surface area contributed by atoms with Gasteiger partial charge < -0.3 is 25.2 Å². The fourth-order valence-electron chi connectivity index (χ4n) is 4.48. The molecule has 2 amide bonds. The van der Waals surface area contributed by atoms with Crippen LogP contribution in [-0.4, -0.2) is 76.9 Å². The second kappa shape index (κ2) is 8.51. The molecule has 25 heavy (non-hydrogen) atoms. The molecule has 3 aliphatic rings. The van der Waals surface area contributed by atoms with Crippen LogP contribution < -0.4 is 5.32 Å². The van der Waals surface area contributed by atoms with Crippen molar-refractivity contribution in [1.82, 2.24) is 15.1 Å². The third-order valence-electron chi connectivity index (χ3n) is 5.96. The topological polar surface area (TPSA) is 93.1 Å².